The van der Waals surface area contributed by atoms with Gasteiger partial charge in [-0.3, -0.25) is 4.79 Å². The van der Waals surface area contributed by atoms with Crippen molar-refractivity contribution in [2.24, 2.45) is 11.8 Å². The van der Waals surface area contributed by atoms with Crippen LogP contribution in [0.15, 0.2) is 48.5 Å². The molecule has 1 fully saturated rings. The lowest BCUT2D eigenvalue weighted by Crippen LogP contribution is -2.25. The van der Waals surface area contributed by atoms with Gasteiger partial charge in [-0.1, -0.05) is 62.1 Å². The number of nitriles is 1. The van der Waals surface area contributed by atoms with E-state index in [1.807, 2.05) is 30.3 Å². The van der Waals surface area contributed by atoms with Gasteiger partial charge in [0.25, 0.3) is 0 Å². The molecule has 1 saturated carbocycles. The Morgan fingerprint density at radius 2 is 1.77 bits per heavy atom. The molecule has 2 aromatic rings. The Hall–Kier alpha value is -2.57. The molecule has 0 aliphatic heterocycles. The van der Waals surface area contributed by atoms with Gasteiger partial charge in [-0.15, -0.1) is 0 Å². The largest absolute Gasteiger partial charge is 0.426 e. The van der Waals surface area contributed by atoms with E-state index >= 15 is 0 Å². The maximum absolute atomic E-state index is 12.5. The lowest BCUT2D eigenvalue weighted by molar-refractivity contribution is -0.140. The zero-order valence-electron chi connectivity index (χ0n) is 17.4. The summed E-state index contributed by atoms with van der Waals surface area (Å²) < 4.78 is 5.62. The first-order chi connectivity index (χ1) is 14.6. The van der Waals surface area contributed by atoms with Crippen molar-refractivity contribution in [1.82, 2.24) is 0 Å². The summed E-state index contributed by atoms with van der Waals surface area (Å²) in [6, 6.07) is 16.7. The van der Waals surface area contributed by atoms with Crippen LogP contribution >= 0.6 is 11.6 Å². The van der Waals surface area contributed by atoms with E-state index in [2.05, 4.69) is 13.0 Å². The summed E-state index contributed by atoms with van der Waals surface area (Å²) in [5, 5.41) is 10.1. The third-order valence-electron chi connectivity index (χ3n) is 5.83. The van der Waals surface area contributed by atoms with Gasteiger partial charge < -0.3 is 4.74 Å². The zero-order valence-corrected chi connectivity index (χ0v) is 18.2. The fourth-order valence-corrected chi connectivity index (χ4v) is 4.11. The third kappa shape index (κ3) is 6.21. The molecule has 0 radical (unpaired) electrons. The predicted octanol–water partition coefficient (Wildman–Crippen LogP) is 7.31. The average molecular weight is 422 g/mol. The number of hydrogen-bond acceptors (Lipinski definition) is 3. The number of halogens is 1. The SMILES string of the molecule is CCCCC1CCC(C(=O)Oc2ccc(/C=C(/C#N)c3ccc(Cl)cc3)cc2)CC1. The maximum atomic E-state index is 12.5. The molecule has 0 unspecified atom stereocenters. The topological polar surface area (TPSA) is 50.1 Å². The molecule has 1 aliphatic rings. The number of ether oxygens (including phenoxy) is 1. The molecular weight excluding hydrogens is 394 g/mol. The van der Waals surface area contributed by atoms with Gasteiger partial charge in [-0.05, 0) is 73.1 Å². The number of benzene rings is 2. The number of unbranched alkanes of at least 4 members (excludes halogenated alkanes) is 1. The Balaban J connectivity index is 1.57. The molecule has 0 aromatic heterocycles. The summed E-state index contributed by atoms with van der Waals surface area (Å²) in [7, 11) is 0. The Morgan fingerprint density at radius 3 is 2.37 bits per heavy atom. The quantitative estimate of drug-likeness (QED) is 0.204. The van der Waals surface area contributed by atoms with Gasteiger partial charge >= 0.3 is 5.97 Å². The third-order valence-corrected chi connectivity index (χ3v) is 6.08. The van der Waals surface area contributed by atoms with Gasteiger partial charge in [0.1, 0.15) is 5.75 Å². The minimum atomic E-state index is -0.119. The summed E-state index contributed by atoms with van der Waals surface area (Å²) in [5.41, 5.74) is 2.24. The second kappa shape index (κ2) is 11.0. The van der Waals surface area contributed by atoms with E-state index in [0.717, 1.165) is 42.7 Å². The Kier molecular flexibility index (Phi) is 8.11. The fraction of sp³-hybridized carbons (Fsp3) is 0.385. The molecule has 0 heterocycles. The molecule has 3 rings (SSSR count). The molecule has 0 amide bonds. The van der Waals surface area contributed by atoms with Crippen LogP contribution in [0, 0.1) is 23.2 Å². The molecule has 4 heteroatoms. The molecule has 0 bridgehead atoms. The van der Waals surface area contributed by atoms with Crippen molar-refractivity contribution in [3.8, 4) is 11.8 Å². The molecule has 156 valence electrons. The smallest absolute Gasteiger partial charge is 0.314 e. The van der Waals surface area contributed by atoms with Crippen molar-refractivity contribution < 1.29 is 9.53 Å². The van der Waals surface area contributed by atoms with Crippen LogP contribution in [0.25, 0.3) is 11.6 Å². The number of hydrogen-bond donors (Lipinski definition) is 0. The minimum absolute atomic E-state index is 0.0116. The molecule has 1 aliphatic carbocycles. The summed E-state index contributed by atoms with van der Waals surface area (Å²) in [4.78, 5) is 12.5. The highest BCUT2D eigenvalue weighted by molar-refractivity contribution is 6.30. The fourth-order valence-electron chi connectivity index (χ4n) is 3.99. The van der Waals surface area contributed by atoms with E-state index in [4.69, 9.17) is 16.3 Å². The van der Waals surface area contributed by atoms with Crippen LogP contribution in [0.3, 0.4) is 0 Å². The van der Waals surface area contributed by atoms with E-state index in [-0.39, 0.29) is 11.9 Å². The number of allylic oxidation sites excluding steroid dienone is 1. The minimum Gasteiger partial charge on any atom is -0.426 e. The zero-order chi connectivity index (χ0) is 21.3. The van der Waals surface area contributed by atoms with Crippen LogP contribution in [0.5, 0.6) is 5.75 Å². The van der Waals surface area contributed by atoms with Crippen molar-refractivity contribution in [3.63, 3.8) is 0 Å². The number of carbonyl (C=O) groups is 1. The van der Waals surface area contributed by atoms with Crippen molar-refractivity contribution >= 4 is 29.2 Å². The van der Waals surface area contributed by atoms with Gasteiger partial charge in [-0.25, -0.2) is 0 Å². The first-order valence-corrected chi connectivity index (χ1v) is 11.2. The van der Waals surface area contributed by atoms with Crippen LogP contribution in [-0.4, -0.2) is 5.97 Å². The highest BCUT2D eigenvalue weighted by atomic mass is 35.5. The molecule has 0 N–H and O–H groups in total. The van der Waals surface area contributed by atoms with Gasteiger partial charge in [0, 0.05) is 5.02 Å². The number of esters is 1. The first kappa shape index (κ1) is 22.1. The molecule has 0 saturated heterocycles. The highest BCUT2D eigenvalue weighted by Gasteiger charge is 2.27. The van der Waals surface area contributed by atoms with E-state index < -0.39 is 0 Å². The van der Waals surface area contributed by atoms with Gasteiger partial charge in [0.2, 0.25) is 0 Å². The summed E-state index contributed by atoms with van der Waals surface area (Å²) in [5.74, 6) is 1.22. The molecule has 3 nitrogen and oxygen atoms in total. The van der Waals surface area contributed by atoms with Crippen LogP contribution in [0.2, 0.25) is 5.02 Å². The van der Waals surface area contributed by atoms with Gasteiger partial charge in [0.15, 0.2) is 0 Å². The number of carbonyl (C=O) groups excluding carboxylic acids is 1. The van der Waals surface area contributed by atoms with Crippen molar-refractivity contribution in [3.05, 3.63) is 64.7 Å². The van der Waals surface area contributed by atoms with Crippen LogP contribution in [-0.2, 0) is 4.79 Å². The van der Waals surface area contributed by atoms with E-state index in [9.17, 15) is 10.1 Å². The van der Waals surface area contributed by atoms with Crippen molar-refractivity contribution in [2.75, 3.05) is 0 Å². The van der Waals surface area contributed by atoms with Crippen LogP contribution < -0.4 is 4.74 Å². The van der Waals surface area contributed by atoms with E-state index in [0.29, 0.717) is 16.3 Å². The van der Waals surface area contributed by atoms with Crippen LogP contribution in [0.4, 0.5) is 0 Å². The lowest BCUT2D eigenvalue weighted by atomic mass is 9.80. The Bertz CT molecular complexity index is 902. The summed E-state index contributed by atoms with van der Waals surface area (Å²) in [6.07, 6.45) is 9.74. The lowest BCUT2D eigenvalue weighted by Gasteiger charge is -2.27. The van der Waals surface area contributed by atoms with E-state index in [1.165, 1.54) is 19.3 Å². The van der Waals surface area contributed by atoms with Gasteiger partial charge in [-0.2, -0.15) is 5.26 Å². The van der Waals surface area contributed by atoms with Crippen LogP contribution in [0.1, 0.15) is 63.0 Å². The standard InChI is InChI=1S/C26H28ClNO2/c1-2-3-4-19-5-9-22(10-6-19)26(29)30-25-15-7-20(8-16-25)17-23(18-28)21-11-13-24(27)14-12-21/h7-8,11-17,19,22H,2-6,9-10H2,1H3/b23-17-. The first-order valence-electron chi connectivity index (χ1n) is 10.8. The molecule has 30 heavy (non-hydrogen) atoms. The monoisotopic (exact) mass is 421 g/mol. The Labute approximate surface area is 184 Å². The second-order valence-corrected chi connectivity index (χ2v) is 8.46. The van der Waals surface area contributed by atoms with Crippen molar-refractivity contribution in [2.45, 2.75) is 51.9 Å². The van der Waals surface area contributed by atoms with Gasteiger partial charge in [0.05, 0.1) is 17.6 Å². The molecular formula is C26H28ClNO2. The molecule has 0 atom stereocenters. The molecule has 0 spiro atoms. The Morgan fingerprint density at radius 1 is 1.10 bits per heavy atom. The highest BCUT2D eigenvalue weighted by Crippen LogP contribution is 2.33. The second-order valence-electron chi connectivity index (χ2n) is 8.03. The summed E-state index contributed by atoms with van der Waals surface area (Å²) >= 11 is 5.92. The molecule has 2 aromatic carbocycles. The van der Waals surface area contributed by atoms with E-state index in [1.54, 1.807) is 24.3 Å². The summed E-state index contributed by atoms with van der Waals surface area (Å²) in [6.45, 7) is 2.23. The average Bonchev–Trinajstić information content (AvgIpc) is 2.78. The maximum Gasteiger partial charge on any atom is 0.314 e. The number of nitrogens with zero attached hydrogens (tertiary/aromatic N) is 1. The predicted molar refractivity (Wildman–Crippen MR) is 122 cm³/mol. The number of rotatable bonds is 7. The normalized spacial score (nSPS) is 19.2. The van der Waals surface area contributed by atoms with Crippen molar-refractivity contribution in [1.29, 1.82) is 5.26 Å².